The van der Waals surface area contributed by atoms with Crippen molar-refractivity contribution >= 4 is 11.3 Å². The quantitative estimate of drug-likeness (QED) is 0.847. The maximum absolute atomic E-state index is 9.67. The molecule has 1 heterocycles. The van der Waals surface area contributed by atoms with Crippen molar-refractivity contribution in [3.8, 4) is 0 Å². The van der Waals surface area contributed by atoms with E-state index < -0.39 is 0 Å². The Hall–Kier alpha value is -0.420. The Bertz CT molecular complexity index is 328. The third-order valence-corrected chi connectivity index (χ3v) is 4.53. The molecule has 0 saturated heterocycles. The highest BCUT2D eigenvalue weighted by Gasteiger charge is 2.35. The van der Waals surface area contributed by atoms with Crippen molar-refractivity contribution in [3.63, 3.8) is 0 Å². The summed E-state index contributed by atoms with van der Waals surface area (Å²) < 4.78 is 5.44. The van der Waals surface area contributed by atoms with E-state index in [4.69, 9.17) is 4.74 Å². The molecule has 0 aliphatic heterocycles. The van der Waals surface area contributed by atoms with E-state index in [-0.39, 0.29) is 18.2 Å². The van der Waals surface area contributed by atoms with Gasteiger partial charge in [-0.3, -0.25) is 0 Å². The fourth-order valence-electron chi connectivity index (χ4n) is 2.56. The zero-order chi connectivity index (χ0) is 12.1. The van der Waals surface area contributed by atoms with Crippen molar-refractivity contribution in [2.24, 2.45) is 0 Å². The van der Waals surface area contributed by atoms with Crippen LogP contribution in [0.3, 0.4) is 0 Å². The van der Waals surface area contributed by atoms with Crippen molar-refractivity contribution in [1.29, 1.82) is 0 Å². The van der Waals surface area contributed by atoms with Crippen LogP contribution in [-0.4, -0.2) is 30.5 Å². The van der Waals surface area contributed by atoms with Crippen LogP contribution in [0.15, 0.2) is 17.5 Å². The lowest BCUT2D eigenvalue weighted by atomic mass is 9.80. The Kier molecular flexibility index (Phi) is 4.56. The molecule has 0 bridgehead atoms. The zero-order valence-electron chi connectivity index (χ0n) is 10.3. The van der Waals surface area contributed by atoms with Gasteiger partial charge in [-0.05, 0) is 37.1 Å². The fraction of sp³-hybridized carbons (Fsp3) is 0.692. The van der Waals surface area contributed by atoms with Crippen LogP contribution in [0.4, 0.5) is 0 Å². The first-order valence-electron chi connectivity index (χ1n) is 6.19. The van der Waals surface area contributed by atoms with E-state index in [1.54, 1.807) is 18.4 Å². The number of nitrogens with one attached hydrogen (secondary N) is 1. The van der Waals surface area contributed by atoms with Gasteiger partial charge in [-0.15, -0.1) is 11.3 Å². The van der Waals surface area contributed by atoms with Gasteiger partial charge >= 0.3 is 0 Å². The van der Waals surface area contributed by atoms with Gasteiger partial charge in [0.25, 0.3) is 0 Å². The Balaban J connectivity index is 1.94. The van der Waals surface area contributed by atoms with Crippen LogP contribution in [0.2, 0.25) is 0 Å². The molecule has 2 N–H and O–H groups in total. The van der Waals surface area contributed by atoms with Gasteiger partial charge in [0.05, 0.1) is 12.7 Å². The second-order valence-electron chi connectivity index (χ2n) is 4.83. The molecular formula is C13H21NO2S. The Morgan fingerprint density at radius 2 is 2.53 bits per heavy atom. The van der Waals surface area contributed by atoms with Gasteiger partial charge in [0.15, 0.2) is 0 Å². The highest BCUT2D eigenvalue weighted by atomic mass is 32.1. The van der Waals surface area contributed by atoms with Gasteiger partial charge in [0.2, 0.25) is 0 Å². The maximum atomic E-state index is 9.67. The van der Waals surface area contributed by atoms with E-state index in [1.807, 2.05) is 0 Å². The summed E-state index contributed by atoms with van der Waals surface area (Å²) in [6.07, 6.45) is 4.46. The van der Waals surface area contributed by atoms with Crippen LogP contribution in [-0.2, 0) is 11.3 Å². The highest BCUT2D eigenvalue weighted by Crippen LogP contribution is 2.30. The minimum absolute atomic E-state index is 0.150. The number of ether oxygens (including phenoxy) is 1. The van der Waals surface area contributed by atoms with E-state index in [1.165, 1.54) is 4.88 Å². The number of rotatable bonds is 5. The molecule has 17 heavy (non-hydrogen) atoms. The Morgan fingerprint density at radius 3 is 3.18 bits per heavy atom. The summed E-state index contributed by atoms with van der Waals surface area (Å²) in [5.74, 6) is 0. The van der Waals surface area contributed by atoms with Crippen molar-refractivity contribution in [2.75, 3.05) is 13.7 Å². The molecule has 0 radical (unpaired) electrons. The smallest absolute Gasteiger partial charge is 0.0614 e. The Morgan fingerprint density at radius 1 is 1.65 bits per heavy atom. The first kappa shape index (κ1) is 13.0. The van der Waals surface area contributed by atoms with Crippen LogP contribution in [0, 0.1) is 0 Å². The third kappa shape index (κ3) is 3.28. The molecule has 4 heteroatoms. The van der Waals surface area contributed by atoms with Gasteiger partial charge in [-0.25, -0.2) is 0 Å². The summed E-state index contributed by atoms with van der Waals surface area (Å²) in [4.78, 5) is 1.32. The number of methoxy groups -OCH3 is 1. The number of aliphatic hydroxyl groups excluding tert-OH is 1. The highest BCUT2D eigenvalue weighted by molar-refractivity contribution is 7.09. The lowest BCUT2D eigenvalue weighted by Crippen LogP contribution is -2.52. The normalized spacial score (nSPS) is 29.4. The average molecular weight is 255 g/mol. The molecule has 0 spiro atoms. The van der Waals surface area contributed by atoms with Crippen molar-refractivity contribution in [2.45, 2.75) is 43.9 Å². The molecule has 2 unspecified atom stereocenters. The van der Waals surface area contributed by atoms with Crippen LogP contribution >= 0.6 is 11.3 Å². The van der Waals surface area contributed by atoms with E-state index >= 15 is 0 Å². The topological polar surface area (TPSA) is 41.5 Å². The number of aliphatic hydroxyl groups is 1. The maximum Gasteiger partial charge on any atom is 0.0614 e. The van der Waals surface area contributed by atoms with Gasteiger partial charge in [0.1, 0.15) is 0 Å². The lowest BCUT2D eigenvalue weighted by molar-refractivity contribution is 0.00918. The number of hydrogen-bond donors (Lipinski definition) is 2. The summed E-state index contributed by atoms with van der Waals surface area (Å²) in [5.41, 5.74) is -0.150. The van der Waals surface area contributed by atoms with Gasteiger partial charge in [0, 0.05) is 24.1 Å². The summed E-state index contributed by atoms with van der Waals surface area (Å²) in [6, 6.07) is 4.19. The summed E-state index contributed by atoms with van der Waals surface area (Å²) in [7, 11) is 1.76. The van der Waals surface area contributed by atoms with Crippen molar-refractivity contribution in [1.82, 2.24) is 5.32 Å². The number of thiophene rings is 1. The van der Waals surface area contributed by atoms with Crippen molar-refractivity contribution in [3.05, 3.63) is 22.4 Å². The second kappa shape index (κ2) is 5.96. The van der Waals surface area contributed by atoms with Crippen LogP contribution in [0.25, 0.3) is 0 Å². The molecule has 1 aromatic heterocycles. The van der Waals surface area contributed by atoms with E-state index in [0.29, 0.717) is 0 Å². The lowest BCUT2D eigenvalue weighted by Gasteiger charge is -2.40. The predicted molar refractivity (Wildman–Crippen MR) is 70.2 cm³/mol. The van der Waals surface area contributed by atoms with Crippen molar-refractivity contribution < 1.29 is 9.84 Å². The molecule has 2 atom stereocenters. The molecule has 1 fully saturated rings. The fourth-order valence-corrected chi connectivity index (χ4v) is 3.20. The second-order valence-corrected chi connectivity index (χ2v) is 5.86. The third-order valence-electron chi connectivity index (χ3n) is 3.65. The molecule has 3 nitrogen and oxygen atoms in total. The minimum Gasteiger partial charge on any atom is -0.394 e. The molecule has 0 amide bonds. The van der Waals surface area contributed by atoms with Gasteiger partial charge in [-0.2, -0.15) is 0 Å². The largest absolute Gasteiger partial charge is 0.394 e. The van der Waals surface area contributed by atoms with E-state index in [9.17, 15) is 5.11 Å². The summed E-state index contributed by atoms with van der Waals surface area (Å²) >= 11 is 1.75. The first-order chi connectivity index (χ1) is 8.28. The zero-order valence-corrected chi connectivity index (χ0v) is 11.1. The van der Waals surface area contributed by atoms with Crippen LogP contribution < -0.4 is 5.32 Å². The molecule has 1 aromatic rings. The molecule has 96 valence electrons. The minimum atomic E-state index is -0.150. The first-order valence-corrected chi connectivity index (χ1v) is 7.07. The molecule has 1 aliphatic carbocycles. The SMILES string of the molecule is COC1CCCC(CO)(NCc2cccs2)C1. The molecular weight excluding hydrogens is 234 g/mol. The van der Waals surface area contributed by atoms with E-state index in [0.717, 1.165) is 32.2 Å². The summed E-state index contributed by atoms with van der Waals surface area (Å²) in [5, 5.41) is 15.3. The average Bonchev–Trinajstić information content (AvgIpc) is 2.90. The molecule has 2 rings (SSSR count). The summed E-state index contributed by atoms with van der Waals surface area (Å²) in [6.45, 7) is 1.03. The van der Waals surface area contributed by atoms with Gasteiger partial charge in [-0.1, -0.05) is 6.07 Å². The monoisotopic (exact) mass is 255 g/mol. The van der Waals surface area contributed by atoms with Crippen LogP contribution in [0.1, 0.15) is 30.6 Å². The van der Waals surface area contributed by atoms with Gasteiger partial charge < -0.3 is 15.2 Å². The Labute approximate surface area is 107 Å². The molecule has 1 aliphatic rings. The van der Waals surface area contributed by atoms with E-state index in [2.05, 4.69) is 22.8 Å². The molecule has 0 aromatic carbocycles. The van der Waals surface area contributed by atoms with Crippen LogP contribution in [0.5, 0.6) is 0 Å². The standard InChI is InChI=1S/C13H21NO2S/c1-16-11-4-2-6-13(8-11,10-15)14-9-12-5-3-7-17-12/h3,5,7,11,14-15H,2,4,6,8-10H2,1H3. The predicted octanol–water partition coefficient (Wildman–Crippen LogP) is 2.16. The number of hydrogen-bond acceptors (Lipinski definition) is 4. The molecule has 1 saturated carbocycles.